The van der Waals surface area contributed by atoms with Gasteiger partial charge in [-0.3, -0.25) is 19.1 Å². The second kappa shape index (κ2) is 10.3. The molecule has 1 aliphatic heterocycles. The maximum absolute atomic E-state index is 14.8. The van der Waals surface area contributed by atoms with Gasteiger partial charge in [0.25, 0.3) is 5.91 Å². The number of nitrogens with zero attached hydrogens (tertiary/aromatic N) is 5. The van der Waals surface area contributed by atoms with Crippen LogP contribution in [0.1, 0.15) is 37.0 Å². The van der Waals surface area contributed by atoms with E-state index < -0.39 is 53.0 Å². The molecule has 1 unspecified atom stereocenters. The number of hydrogen-bond acceptors (Lipinski definition) is 5. The van der Waals surface area contributed by atoms with E-state index in [-0.39, 0.29) is 22.9 Å². The van der Waals surface area contributed by atoms with Crippen molar-refractivity contribution in [1.82, 2.24) is 24.8 Å². The quantitative estimate of drug-likeness (QED) is 0.482. The number of fused-ring (bicyclic) bond motifs is 1. The number of alkyl halides is 3. The molecule has 0 bridgehead atoms. The topological polar surface area (TPSA) is 100 Å². The summed E-state index contributed by atoms with van der Waals surface area (Å²) in [5.41, 5.74) is -1.93. The van der Waals surface area contributed by atoms with E-state index in [1.807, 2.05) is 6.92 Å². The zero-order valence-electron chi connectivity index (χ0n) is 20.4. The van der Waals surface area contributed by atoms with Crippen LogP contribution in [-0.2, 0) is 0 Å². The van der Waals surface area contributed by atoms with Crippen LogP contribution in [0.3, 0.4) is 0 Å². The molecule has 202 valence electrons. The van der Waals surface area contributed by atoms with Crippen molar-refractivity contribution in [2.75, 3.05) is 24.5 Å². The van der Waals surface area contributed by atoms with Crippen LogP contribution in [0.4, 0.5) is 32.6 Å². The Hall–Kier alpha value is -4.10. The van der Waals surface area contributed by atoms with Crippen LogP contribution in [-0.4, -0.2) is 63.2 Å². The number of urea groups is 1. The molecule has 4 heterocycles. The molecule has 3 amide bonds. The Bertz CT molecular complexity index is 1460. The Morgan fingerprint density at radius 3 is 2.53 bits per heavy atom. The normalized spacial score (nSPS) is 15.2. The molecule has 14 heteroatoms. The van der Waals surface area contributed by atoms with E-state index in [1.54, 1.807) is 10.2 Å². The minimum Gasteiger partial charge on any atom is -0.340 e. The van der Waals surface area contributed by atoms with E-state index in [4.69, 9.17) is 0 Å². The first-order chi connectivity index (χ1) is 18.0. The predicted molar refractivity (Wildman–Crippen MR) is 127 cm³/mol. The first-order valence-corrected chi connectivity index (χ1v) is 11.8. The van der Waals surface area contributed by atoms with Gasteiger partial charge in [0.2, 0.25) is 5.43 Å². The maximum atomic E-state index is 14.8. The Labute approximate surface area is 212 Å². The average molecular weight is 538 g/mol. The molecule has 38 heavy (non-hydrogen) atoms. The van der Waals surface area contributed by atoms with Gasteiger partial charge >= 0.3 is 12.2 Å². The fourth-order valence-electron chi connectivity index (χ4n) is 4.19. The van der Waals surface area contributed by atoms with Gasteiger partial charge in [0.05, 0.1) is 11.6 Å². The lowest BCUT2D eigenvalue weighted by molar-refractivity contribution is -0.153. The van der Waals surface area contributed by atoms with Gasteiger partial charge in [0, 0.05) is 31.9 Å². The summed E-state index contributed by atoms with van der Waals surface area (Å²) in [5.74, 6) is -3.96. The fraction of sp³-hybridized carbons (Fsp3) is 0.375. The number of rotatable bonds is 6. The van der Waals surface area contributed by atoms with Crippen molar-refractivity contribution in [3.05, 3.63) is 58.0 Å². The molecule has 3 aromatic heterocycles. The van der Waals surface area contributed by atoms with Crippen molar-refractivity contribution < 1.29 is 31.5 Å². The zero-order chi connectivity index (χ0) is 27.8. The van der Waals surface area contributed by atoms with Crippen molar-refractivity contribution in [3.8, 4) is 5.82 Å². The van der Waals surface area contributed by atoms with E-state index in [2.05, 4.69) is 9.97 Å². The number of anilines is 1. The number of nitrogens with one attached hydrogen (secondary N) is 1. The highest BCUT2D eigenvalue weighted by molar-refractivity contribution is 5.98. The largest absolute Gasteiger partial charge is 0.408 e. The number of carbonyl (C=O) groups excluding carboxylic acids is 2. The lowest BCUT2D eigenvalue weighted by Gasteiger charge is -2.34. The lowest BCUT2D eigenvalue weighted by atomic mass is 10.1. The number of carbonyl (C=O) groups is 2. The van der Waals surface area contributed by atoms with Gasteiger partial charge in [-0.05, 0) is 31.9 Å². The standard InChI is InChI=1S/C24H23F5N6O3/c1-3-17(24(27,28)29)31-22(37)15-12-35(21-16(26)10-13(25)11-30-21)20-14(19(15)36)6-7-18(32-20)34-9-5-8-33(4-2)23(34)38/h6-7,10-12,17H,3-5,8-9H2,1-2H3,(H,31,37). The van der Waals surface area contributed by atoms with Crippen molar-refractivity contribution in [3.63, 3.8) is 0 Å². The Kier molecular flexibility index (Phi) is 7.33. The molecular weight excluding hydrogens is 515 g/mol. The molecule has 0 aromatic carbocycles. The van der Waals surface area contributed by atoms with E-state index in [1.165, 1.54) is 24.0 Å². The SMILES string of the molecule is CCC(NC(=O)c1cn(-c2ncc(F)cc2F)c2nc(N3CCCN(CC)C3=O)ccc2c1=O)C(F)(F)F. The van der Waals surface area contributed by atoms with Gasteiger partial charge in [0.15, 0.2) is 17.3 Å². The van der Waals surface area contributed by atoms with E-state index >= 15 is 0 Å². The van der Waals surface area contributed by atoms with Crippen molar-refractivity contribution >= 4 is 28.8 Å². The van der Waals surface area contributed by atoms with Crippen molar-refractivity contribution in [2.24, 2.45) is 0 Å². The highest BCUT2D eigenvalue weighted by Gasteiger charge is 2.40. The summed E-state index contributed by atoms with van der Waals surface area (Å²) in [6.07, 6.45) is -3.13. The summed E-state index contributed by atoms with van der Waals surface area (Å²) in [7, 11) is 0. The molecular formula is C24H23F5N6O3. The highest BCUT2D eigenvalue weighted by Crippen LogP contribution is 2.25. The Morgan fingerprint density at radius 1 is 1.16 bits per heavy atom. The summed E-state index contributed by atoms with van der Waals surface area (Å²) in [6.45, 7) is 4.33. The number of hydrogen-bond donors (Lipinski definition) is 1. The Morgan fingerprint density at radius 2 is 1.89 bits per heavy atom. The van der Waals surface area contributed by atoms with Crippen molar-refractivity contribution in [2.45, 2.75) is 38.9 Å². The lowest BCUT2D eigenvalue weighted by Crippen LogP contribution is -2.49. The number of halogens is 5. The summed E-state index contributed by atoms with van der Waals surface area (Å²) in [4.78, 5) is 49.9. The molecule has 1 N–H and O–H groups in total. The maximum Gasteiger partial charge on any atom is 0.408 e. The molecule has 0 spiro atoms. The molecule has 1 saturated heterocycles. The van der Waals surface area contributed by atoms with E-state index in [0.29, 0.717) is 38.3 Å². The molecule has 3 aromatic rings. The van der Waals surface area contributed by atoms with E-state index in [0.717, 1.165) is 10.8 Å². The molecule has 1 fully saturated rings. The van der Waals surface area contributed by atoms with E-state index in [9.17, 15) is 36.3 Å². The number of aromatic nitrogens is 3. The van der Waals surface area contributed by atoms with Crippen LogP contribution in [0.15, 0.2) is 35.4 Å². The Balaban J connectivity index is 1.91. The molecule has 4 rings (SSSR count). The second-order valence-corrected chi connectivity index (χ2v) is 8.58. The summed E-state index contributed by atoms with van der Waals surface area (Å²) >= 11 is 0. The molecule has 0 saturated carbocycles. The summed E-state index contributed by atoms with van der Waals surface area (Å²) < 4.78 is 69.0. The van der Waals surface area contributed by atoms with Crippen LogP contribution < -0.4 is 15.6 Å². The van der Waals surface area contributed by atoms with Gasteiger partial charge in [-0.25, -0.2) is 23.5 Å². The molecule has 0 radical (unpaired) electrons. The van der Waals surface area contributed by atoms with Crippen molar-refractivity contribution in [1.29, 1.82) is 0 Å². The number of pyridine rings is 3. The minimum atomic E-state index is -4.77. The first kappa shape index (κ1) is 26.9. The minimum absolute atomic E-state index is 0.122. The van der Waals surface area contributed by atoms with Crippen LogP contribution in [0.2, 0.25) is 0 Å². The monoisotopic (exact) mass is 538 g/mol. The third kappa shape index (κ3) is 5.02. The zero-order valence-corrected chi connectivity index (χ0v) is 20.4. The molecule has 9 nitrogen and oxygen atoms in total. The van der Waals surface area contributed by atoms with Gasteiger partial charge in [-0.2, -0.15) is 13.2 Å². The predicted octanol–water partition coefficient (Wildman–Crippen LogP) is 3.78. The van der Waals surface area contributed by atoms with Crippen LogP contribution >= 0.6 is 0 Å². The summed E-state index contributed by atoms with van der Waals surface area (Å²) in [5, 5.41) is 1.53. The van der Waals surface area contributed by atoms with Crippen LogP contribution in [0.5, 0.6) is 0 Å². The molecule has 1 aliphatic rings. The third-order valence-corrected chi connectivity index (χ3v) is 6.18. The van der Waals surface area contributed by atoms with Crippen LogP contribution in [0, 0.1) is 11.6 Å². The molecule has 0 aliphatic carbocycles. The van der Waals surface area contributed by atoms with Gasteiger partial charge in [-0.1, -0.05) is 6.92 Å². The first-order valence-electron chi connectivity index (χ1n) is 11.8. The average Bonchev–Trinajstić information content (AvgIpc) is 2.87. The van der Waals surface area contributed by atoms with Gasteiger partial charge < -0.3 is 10.2 Å². The second-order valence-electron chi connectivity index (χ2n) is 8.58. The third-order valence-electron chi connectivity index (χ3n) is 6.18. The smallest absolute Gasteiger partial charge is 0.340 e. The highest BCUT2D eigenvalue weighted by atomic mass is 19.4. The van der Waals surface area contributed by atoms with Gasteiger partial charge in [-0.15, -0.1) is 0 Å². The number of amides is 3. The van der Waals surface area contributed by atoms with Gasteiger partial charge in [0.1, 0.15) is 23.2 Å². The molecule has 1 atom stereocenters. The summed E-state index contributed by atoms with van der Waals surface area (Å²) in [6, 6.07) is 0.547. The fourth-order valence-corrected chi connectivity index (χ4v) is 4.19. The van der Waals surface area contributed by atoms with Crippen LogP contribution in [0.25, 0.3) is 16.9 Å².